The molecule has 0 bridgehead atoms. The molecule has 1 amide bonds. The summed E-state index contributed by atoms with van der Waals surface area (Å²) in [6, 6.07) is 10.9. The third-order valence-corrected chi connectivity index (χ3v) is 5.31. The number of phenols is 1. The standard InChI is InChI=1S/C24H29N3O4/c1-24(2,3)18-11-16(12-20(22(18)30)31-10-6-9-21(25)29)19(28)14-27-13-15-7-4-5-8-17(15)23(27)26/h4-5,7-8,11-12,26,30H,6,9-10,13-14H2,1-3H3,(H2,25,29). The van der Waals surface area contributed by atoms with E-state index in [-0.39, 0.29) is 36.9 Å². The summed E-state index contributed by atoms with van der Waals surface area (Å²) in [6.45, 7) is 6.61. The number of aromatic hydroxyl groups is 1. The Hall–Kier alpha value is -3.35. The number of carbonyl (C=O) groups is 2. The molecule has 3 rings (SSSR count). The van der Waals surface area contributed by atoms with Crippen molar-refractivity contribution in [3.8, 4) is 11.5 Å². The Morgan fingerprint density at radius 3 is 2.58 bits per heavy atom. The molecule has 2 aromatic carbocycles. The van der Waals surface area contributed by atoms with Gasteiger partial charge in [0, 0.05) is 29.7 Å². The molecule has 0 saturated heterocycles. The summed E-state index contributed by atoms with van der Waals surface area (Å²) in [4.78, 5) is 25.8. The van der Waals surface area contributed by atoms with Crippen LogP contribution in [-0.4, -0.2) is 40.7 Å². The quantitative estimate of drug-likeness (QED) is 0.445. The first-order valence-corrected chi connectivity index (χ1v) is 10.3. The monoisotopic (exact) mass is 423 g/mol. The Morgan fingerprint density at radius 2 is 1.94 bits per heavy atom. The van der Waals surface area contributed by atoms with Crippen LogP contribution < -0.4 is 10.5 Å². The van der Waals surface area contributed by atoms with Crippen LogP contribution in [0.4, 0.5) is 0 Å². The minimum Gasteiger partial charge on any atom is -0.504 e. The van der Waals surface area contributed by atoms with Crippen molar-refractivity contribution in [3.05, 3.63) is 58.7 Å². The molecule has 0 aliphatic carbocycles. The molecule has 0 fully saturated rings. The third-order valence-electron chi connectivity index (χ3n) is 5.31. The van der Waals surface area contributed by atoms with Gasteiger partial charge in [0.25, 0.3) is 0 Å². The fourth-order valence-corrected chi connectivity index (χ4v) is 3.62. The maximum Gasteiger partial charge on any atom is 0.217 e. The number of fused-ring (bicyclic) bond motifs is 1. The van der Waals surface area contributed by atoms with Crippen LogP contribution in [0.25, 0.3) is 0 Å². The van der Waals surface area contributed by atoms with Gasteiger partial charge in [0.1, 0.15) is 5.84 Å². The van der Waals surface area contributed by atoms with E-state index >= 15 is 0 Å². The van der Waals surface area contributed by atoms with Gasteiger partial charge in [-0.1, -0.05) is 45.0 Å². The van der Waals surface area contributed by atoms with Crippen LogP contribution >= 0.6 is 0 Å². The first-order chi connectivity index (χ1) is 14.6. The normalized spacial score (nSPS) is 13.3. The average molecular weight is 424 g/mol. The molecule has 1 aliphatic heterocycles. The highest BCUT2D eigenvalue weighted by Gasteiger charge is 2.28. The zero-order valence-corrected chi connectivity index (χ0v) is 18.2. The molecule has 31 heavy (non-hydrogen) atoms. The Kier molecular flexibility index (Phi) is 6.34. The summed E-state index contributed by atoms with van der Waals surface area (Å²) in [6.07, 6.45) is 0.601. The van der Waals surface area contributed by atoms with Crippen molar-refractivity contribution in [3.63, 3.8) is 0 Å². The minimum atomic E-state index is -0.416. The molecule has 164 valence electrons. The van der Waals surface area contributed by atoms with E-state index in [1.54, 1.807) is 11.0 Å². The van der Waals surface area contributed by atoms with Crippen LogP contribution in [-0.2, 0) is 16.8 Å². The number of carbonyl (C=O) groups excluding carboxylic acids is 2. The van der Waals surface area contributed by atoms with Crippen LogP contribution in [0, 0.1) is 5.41 Å². The smallest absolute Gasteiger partial charge is 0.217 e. The summed E-state index contributed by atoms with van der Waals surface area (Å²) in [5.74, 6) is -0.0441. The lowest BCUT2D eigenvalue weighted by atomic mass is 9.84. The van der Waals surface area contributed by atoms with Crippen LogP contribution in [0.1, 0.15) is 60.7 Å². The number of ketones is 1. The van der Waals surface area contributed by atoms with Gasteiger partial charge in [0.05, 0.1) is 13.2 Å². The lowest BCUT2D eigenvalue weighted by Crippen LogP contribution is -2.30. The lowest BCUT2D eigenvalue weighted by Gasteiger charge is -2.24. The molecule has 2 aromatic rings. The number of amidine groups is 1. The number of nitrogens with two attached hydrogens (primary N) is 1. The van der Waals surface area contributed by atoms with Crippen LogP contribution in [0.3, 0.4) is 0 Å². The number of hydrogen-bond donors (Lipinski definition) is 3. The second kappa shape index (κ2) is 8.79. The van der Waals surface area contributed by atoms with Gasteiger partial charge >= 0.3 is 0 Å². The fraction of sp³-hybridized carbons (Fsp3) is 0.375. The Labute approximate surface area is 182 Å². The molecule has 7 heteroatoms. The van der Waals surface area contributed by atoms with Gasteiger partial charge in [0.15, 0.2) is 17.3 Å². The number of benzene rings is 2. The Bertz CT molecular complexity index is 1020. The van der Waals surface area contributed by atoms with Crippen molar-refractivity contribution in [2.24, 2.45) is 5.73 Å². The number of ether oxygens (including phenoxy) is 1. The summed E-state index contributed by atoms with van der Waals surface area (Å²) >= 11 is 0. The lowest BCUT2D eigenvalue weighted by molar-refractivity contribution is -0.118. The van der Waals surface area contributed by atoms with Gasteiger partial charge in [-0.15, -0.1) is 0 Å². The first-order valence-electron chi connectivity index (χ1n) is 10.3. The van der Waals surface area contributed by atoms with Crippen molar-refractivity contribution >= 4 is 17.5 Å². The molecule has 0 aromatic heterocycles. The van der Waals surface area contributed by atoms with Gasteiger partial charge in [-0.3, -0.25) is 15.0 Å². The predicted octanol–water partition coefficient (Wildman–Crippen LogP) is 3.36. The average Bonchev–Trinajstić information content (AvgIpc) is 3.01. The molecule has 1 aliphatic rings. The SMILES string of the molecule is CC(C)(C)c1cc(C(=O)CN2Cc3ccccc3C2=N)cc(OCCCC(N)=O)c1O. The summed E-state index contributed by atoms with van der Waals surface area (Å²) in [5, 5.41) is 19.1. The number of Topliss-reactive ketones (excluding diaryl/α,β-unsaturated/α-hetero) is 1. The van der Waals surface area contributed by atoms with Crippen LogP contribution in [0.5, 0.6) is 11.5 Å². The van der Waals surface area contributed by atoms with Crippen molar-refractivity contribution < 1.29 is 19.4 Å². The first kappa shape index (κ1) is 22.3. The molecule has 0 radical (unpaired) electrons. The second-order valence-corrected chi connectivity index (χ2v) is 8.82. The fourth-order valence-electron chi connectivity index (χ4n) is 3.62. The van der Waals surface area contributed by atoms with Crippen molar-refractivity contribution in [1.82, 2.24) is 4.90 Å². The molecular formula is C24H29N3O4. The largest absolute Gasteiger partial charge is 0.504 e. The van der Waals surface area contributed by atoms with Crippen molar-refractivity contribution in [1.29, 1.82) is 5.41 Å². The van der Waals surface area contributed by atoms with Gasteiger partial charge < -0.3 is 20.5 Å². The van der Waals surface area contributed by atoms with Crippen LogP contribution in [0.15, 0.2) is 36.4 Å². The topological polar surface area (TPSA) is 117 Å². The van der Waals surface area contributed by atoms with E-state index in [0.717, 1.165) is 11.1 Å². The molecule has 0 atom stereocenters. The number of hydrogen-bond acceptors (Lipinski definition) is 5. The van der Waals surface area contributed by atoms with E-state index in [0.29, 0.717) is 29.9 Å². The number of primary amides is 1. The predicted molar refractivity (Wildman–Crippen MR) is 119 cm³/mol. The van der Waals surface area contributed by atoms with E-state index in [1.165, 1.54) is 6.07 Å². The van der Waals surface area contributed by atoms with E-state index in [2.05, 4.69) is 0 Å². The molecule has 4 N–H and O–H groups in total. The van der Waals surface area contributed by atoms with Gasteiger partial charge in [-0.05, 0) is 29.5 Å². The number of amides is 1. The zero-order valence-electron chi connectivity index (χ0n) is 18.2. The number of nitrogens with one attached hydrogen (secondary N) is 1. The van der Waals surface area contributed by atoms with Crippen molar-refractivity contribution in [2.45, 2.75) is 45.6 Å². The van der Waals surface area contributed by atoms with Crippen LogP contribution in [0.2, 0.25) is 0 Å². The highest BCUT2D eigenvalue weighted by atomic mass is 16.5. The number of nitrogens with zero attached hydrogens (tertiary/aromatic N) is 1. The summed E-state index contributed by atoms with van der Waals surface area (Å²) in [5.41, 5.74) is 7.63. The molecule has 0 spiro atoms. The maximum absolute atomic E-state index is 13.1. The van der Waals surface area contributed by atoms with E-state index in [1.807, 2.05) is 45.0 Å². The summed E-state index contributed by atoms with van der Waals surface area (Å²) in [7, 11) is 0. The summed E-state index contributed by atoms with van der Waals surface area (Å²) < 4.78 is 5.69. The van der Waals surface area contributed by atoms with E-state index in [9.17, 15) is 14.7 Å². The number of phenolic OH excluding ortho intramolecular Hbond substituents is 1. The van der Waals surface area contributed by atoms with Gasteiger partial charge in [-0.25, -0.2) is 0 Å². The molecule has 1 heterocycles. The highest BCUT2D eigenvalue weighted by Crippen LogP contribution is 2.39. The van der Waals surface area contributed by atoms with Gasteiger partial charge in [0.2, 0.25) is 5.91 Å². The van der Waals surface area contributed by atoms with Gasteiger partial charge in [-0.2, -0.15) is 0 Å². The highest BCUT2D eigenvalue weighted by molar-refractivity contribution is 6.05. The van der Waals surface area contributed by atoms with E-state index in [4.69, 9.17) is 15.9 Å². The molecule has 0 unspecified atom stereocenters. The van der Waals surface area contributed by atoms with Crippen molar-refractivity contribution in [2.75, 3.05) is 13.2 Å². The minimum absolute atomic E-state index is 0.00977. The molecule has 0 saturated carbocycles. The third kappa shape index (κ3) is 5.05. The zero-order chi connectivity index (χ0) is 22.8. The Balaban J connectivity index is 1.82. The number of rotatable bonds is 8. The van der Waals surface area contributed by atoms with E-state index < -0.39 is 11.3 Å². The maximum atomic E-state index is 13.1. The molecular weight excluding hydrogens is 394 g/mol. The molecule has 7 nitrogen and oxygen atoms in total. The second-order valence-electron chi connectivity index (χ2n) is 8.82. The Morgan fingerprint density at radius 1 is 1.23 bits per heavy atom.